The normalized spacial score (nSPS) is 9.40. The van der Waals surface area contributed by atoms with Crippen molar-refractivity contribution in [3.05, 3.63) is 0 Å². The number of rotatable bonds is 5. The van der Waals surface area contributed by atoms with E-state index >= 15 is 0 Å². The molecule has 0 aromatic carbocycles. The number of aliphatic hydroxyl groups is 1. The van der Waals surface area contributed by atoms with Gasteiger partial charge in [0.1, 0.15) is 0 Å². The van der Waals surface area contributed by atoms with Gasteiger partial charge in [0.05, 0.1) is 12.8 Å². The third-order valence-corrected chi connectivity index (χ3v) is 1.29. The zero-order valence-corrected chi connectivity index (χ0v) is 6.43. The number of carboxylic acids is 3. The Morgan fingerprint density at radius 1 is 0.933 bits per heavy atom. The van der Waals surface area contributed by atoms with Crippen molar-refractivity contribution in [3.8, 4) is 0 Å². The summed E-state index contributed by atoms with van der Waals surface area (Å²) in [5.41, 5.74) is -2.74. The molecule has 0 radical (unpaired) electrons. The van der Waals surface area contributed by atoms with Gasteiger partial charge in [0, 0.05) is 0 Å². The summed E-state index contributed by atoms with van der Waals surface area (Å²) in [7, 11) is 0. The molecule has 0 bridgehead atoms. The molecule has 0 aliphatic heterocycles. The fourth-order valence-electron chi connectivity index (χ4n) is 0.714. The van der Waals surface area contributed by atoms with E-state index in [4.69, 9.17) is 20.4 Å². The predicted molar refractivity (Wildman–Crippen MR) is 51.0 cm³/mol. The fraction of sp³-hybridized carbons (Fsp3) is 0.571. The van der Waals surface area contributed by atoms with Crippen LogP contribution >= 0.6 is 0 Å². The molecular formula is C7H13KO7. The van der Waals surface area contributed by atoms with Crippen molar-refractivity contribution >= 4 is 69.3 Å². The Bertz CT molecular complexity index is 234. The van der Waals surface area contributed by atoms with Gasteiger partial charge < -0.3 is 20.4 Å². The van der Waals surface area contributed by atoms with Gasteiger partial charge in [-0.3, -0.25) is 9.59 Å². The summed E-state index contributed by atoms with van der Waals surface area (Å²) in [4.78, 5) is 30.5. The Hall–Kier alpha value is 0.00636. The molecule has 0 rings (SSSR count). The molecule has 0 aromatic rings. The Labute approximate surface area is 129 Å². The van der Waals surface area contributed by atoms with Crippen molar-refractivity contribution in [1.82, 2.24) is 0 Å². The van der Waals surface area contributed by atoms with Crippen molar-refractivity contribution in [3.63, 3.8) is 0 Å². The molecule has 8 heteroatoms. The summed E-state index contributed by atoms with van der Waals surface area (Å²) in [5.74, 6) is -5.02. The first-order chi connectivity index (χ1) is 5.78. The molecule has 0 fully saturated rings. The van der Waals surface area contributed by atoms with Gasteiger partial charge in [0.2, 0.25) is 0 Å². The van der Waals surface area contributed by atoms with Crippen LogP contribution in [0.3, 0.4) is 0 Å². The standard InChI is InChI=1S/C6H8O7.CH4.K.H/c7-3(8)1-6(13,5(11)12)2-4(9)10;;;/h13H,1-2H2,(H,7,8)(H,9,10)(H,11,12);1H4;;. The van der Waals surface area contributed by atoms with E-state index in [0.29, 0.717) is 0 Å². The Morgan fingerprint density at radius 3 is 1.33 bits per heavy atom. The van der Waals surface area contributed by atoms with Gasteiger partial charge in [-0.2, -0.15) is 0 Å². The first-order valence-corrected chi connectivity index (χ1v) is 3.17. The van der Waals surface area contributed by atoms with E-state index in [1.54, 1.807) is 0 Å². The quantitative estimate of drug-likeness (QED) is 0.446. The van der Waals surface area contributed by atoms with Crippen LogP contribution in [0.25, 0.3) is 0 Å². The predicted octanol–water partition coefficient (Wildman–Crippen LogP) is -1.26. The Kier molecular flexibility index (Phi) is 11.2. The molecule has 0 aromatic heterocycles. The summed E-state index contributed by atoms with van der Waals surface area (Å²) in [6.45, 7) is 0. The van der Waals surface area contributed by atoms with Crippen LogP contribution < -0.4 is 0 Å². The summed E-state index contributed by atoms with van der Waals surface area (Å²) in [6.07, 6.45) is -2.29. The van der Waals surface area contributed by atoms with Gasteiger partial charge in [-0.25, -0.2) is 4.79 Å². The zero-order chi connectivity index (χ0) is 10.6. The molecule has 0 atom stereocenters. The second-order valence-corrected chi connectivity index (χ2v) is 2.48. The number of hydrogen-bond donors (Lipinski definition) is 4. The summed E-state index contributed by atoms with van der Waals surface area (Å²) >= 11 is 0. The van der Waals surface area contributed by atoms with Crippen LogP contribution in [-0.4, -0.2) is 95.3 Å². The molecule has 0 saturated carbocycles. The summed E-state index contributed by atoms with van der Waals surface area (Å²) in [6, 6.07) is 0. The maximum atomic E-state index is 10.3. The number of carboxylic acid groups (broad SMARTS) is 3. The second kappa shape index (κ2) is 8.19. The Morgan fingerprint density at radius 2 is 1.20 bits per heavy atom. The molecule has 0 amide bonds. The molecule has 0 aliphatic rings. The van der Waals surface area contributed by atoms with Gasteiger partial charge in [-0.05, 0) is 0 Å². The van der Waals surface area contributed by atoms with Gasteiger partial charge in [-0.15, -0.1) is 0 Å². The molecule has 0 saturated heterocycles. The molecule has 0 aliphatic carbocycles. The van der Waals surface area contributed by atoms with Crippen LogP contribution in [0.2, 0.25) is 0 Å². The Balaban J connectivity index is -0.000000720. The maximum absolute atomic E-state index is 10.3. The minimum absolute atomic E-state index is 0. The molecule has 0 heterocycles. The van der Waals surface area contributed by atoms with E-state index in [9.17, 15) is 14.4 Å². The van der Waals surface area contributed by atoms with E-state index in [2.05, 4.69) is 0 Å². The van der Waals surface area contributed by atoms with Crippen LogP contribution in [0.1, 0.15) is 20.3 Å². The van der Waals surface area contributed by atoms with Gasteiger partial charge in [0.15, 0.2) is 5.60 Å². The average molecular weight is 248 g/mol. The van der Waals surface area contributed by atoms with Crippen molar-refractivity contribution in [1.29, 1.82) is 0 Å². The van der Waals surface area contributed by atoms with Crippen LogP contribution in [0.5, 0.6) is 0 Å². The zero-order valence-electron chi connectivity index (χ0n) is 6.43. The number of hydrogen-bond acceptors (Lipinski definition) is 4. The molecule has 0 unspecified atom stereocenters. The van der Waals surface area contributed by atoms with Crippen LogP contribution in [-0.2, 0) is 14.4 Å². The van der Waals surface area contributed by atoms with Crippen LogP contribution in [0.4, 0.5) is 0 Å². The van der Waals surface area contributed by atoms with Crippen molar-refractivity contribution in [2.24, 2.45) is 0 Å². The molecular weight excluding hydrogens is 235 g/mol. The third kappa shape index (κ3) is 7.88. The van der Waals surface area contributed by atoms with Crippen LogP contribution in [0, 0.1) is 0 Å². The minimum atomic E-state index is -2.74. The first-order valence-electron chi connectivity index (χ1n) is 3.17. The van der Waals surface area contributed by atoms with E-state index in [0.717, 1.165) is 0 Å². The third-order valence-electron chi connectivity index (χ3n) is 1.29. The summed E-state index contributed by atoms with van der Waals surface area (Å²) < 4.78 is 0. The molecule has 7 nitrogen and oxygen atoms in total. The topological polar surface area (TPSA) is 132 Å². The average Bonchev–Trinajstić information content (AvgIpc) is 1.82. The fourth-order valence-corrected chi connectivity index (χ4v) is 0.714. The van der Waals surface area contributed by atoms with E-state index in [-0.39, 0.29) is 58.8 Å². The van der Waals surface area contributed by atoms with Crippen molar-refractivity contribution in [2.45, 2.75) is 25.9 Å². The van der Waals surface area contributed by atoms with E-state index < -0.39 is 36.4 Å². The van der Waals surface area contributed by atoms with Crippen molar-refractivity contribution in [2.75, 3.05) is 0 Å². The van der Waals surface area contributed by atoms with Crippen LogP contribution in [0.15, 0.2) is 0 Å². The molecule has 4 N–H and O–H groups in total. The SMILES string of the molecule is C.O=C(O)CC(O)(CC(=O)O)C(=O)O.[KH]. The summed E-state index contributed by atoms with van der Waals surface area (Å²) in [5, 5.41) is 33.8. The van der Waals surface area contributed by atoms with Gasteiger partial charge in [-0.1, -0.05) is 7.43 Å². The molecule has 84 valence electrons. The van der Waals surface area contributed by atoms with Gasteiger partial charge in [0.25, 0.3) is 0 Å². The van der Waals surface area contributed by atoms with E-state index in [1.165, 1.54) is 0 Å². The molecule has 15 heavy (non-hydrogen) atoms. The molecule has 0 spiro atoms. The van der Waals surface area contributed by atoms with E-state index in [1.807, 2.05) is 0 Å². The van der Waals surface area contributed by atoms with Gasteiger partial charge >= 0.3 is 69.3 Å². The monoisotopic (exact) mass is 248 g/mol. The van der Waals surface area contributed by atoms with Crippen molar-refractivity contribution < 1.29 is 34.8 Å². The first kappa shape index (κ1) is 20.4. The number of carbonyl (C=O) groups is 3. The number of aliphatic carboxylic acids is 3. The second-order valence-electron chi connectivity index (χ2n) is 2.48.